The molecule has 1 aromatic heterocycles. The van der Waals surface area contributed by atoms with Gasteiger partial charge in [0.2, 0.25) is 0 Å². The molecular formula is C21H26N4O4S. The van der Waals surface area contributed by atoms with E-state index in [0.717, 1.165) is 31.6 Å². The van der Waals surface area contributed by atoms with Crippen LogP contribution in [0.15, 0.2) is 50.3 Å². The fourth-order valence-corrected chi connectivity index (χ4v) is 5.22. The highest BCUT2D eigenvalue weighted by molar-refractivity contribution is 7.90. The summed E-state index contributed by atoms with van der Waals surface area (Å²) in [6.07, 6.45) is 5.22. The van der Waals surface area contributed by atoms with Crippen LogP contribution in [-0.4, -0.2) is 52.2 Å². The van der Waals surface area contributed by atoms with Crippen molar-refractivity contribution in [3.63, 3.8) is 0 Å². The minimum absolute atomic E-state index is 0.0935. The molecule has 0 aliphatic carbocycles. The standard InChI is InChI=1S/C21H26N4O4S/c1-24(2)17(18-7-6-12-29-18)14-22-21(26)15-9-10-16-19(13-15)30(27,28)23-20-8-4-3-5-11-25(16)20/h6-7,9-10,12-13,17H,3-5,8,11,14H2,1-2H3,(H,22,26). The normalized spacial score (nSPS) is 18.8. The van der Waals surface area contributed by atoms with Gasteiger partial charge >= 0.3 is 0 Å². The van der Waals surface area contributed by atoms with E-state index in [0.29, 0.717) is 30.1 Å². The molecule has 1 N–H and O–H groups in total. The Morgan fingerprint density at radius 2 is 2.10 bits per heavy atom. The van der Waals surface area contributed by atoms with Crippen molar-refractivity contribution >= 4 is 27.5 Å². The molecule has 1 saturated heterocycles. The molecule has 30 heavy (non-hydrogen) atoms. The number of nitrogens with one attached hydrogen (secondary N) is 1. The first-order valence-corrected chi connectivity index (χ1v) is 11.5. The van der Waals surface area contributed by atoms with Gasteiger partial charge in [-0.05, 0) is 57.3 Å². The molecule has 2 aromatic rings. The number of furan rings is 1. The maximum atomic E-state index is 12.8. The Kier molecular flexibility index (Phi) is 5.66. The molecule has 1 aromatic carbocycles. The van der Waals surface area contributed by atoms with Crippen LogP contribution in [-0.2, 0) is 10.0 Å². The molecule has 0 spiro atoms. The molecule has 2 aliphatic heterocycles. The van der Waals surface area contributed by atoms with Gasteiger partial charge < -0.3 is 14.6 Å². The van der Waals surface area contributed by atoms with Gasteiger partial charge in [0.15, 0.2) is 0 Å². The number of benzene rings is 1. The van der Waals surface area contributed by atoms with Crippen LogP contribution in [0.4, 0.5) is 5.69 Å². The third-order valence-electron chi connectivity index (χ3n) is 5.56. The number of anilines is 1. The second kappa shape index (κ2) is 8.23. The number of likely N-dealkylation sites (N-methyl/N-ethyl adjacent to an activating group) is 1. The summed E-state index contributed by atoms with van der Waals surface area (Å²) in [7, 11) is -0.0131. The Balaban J connectivity index is 1.57. The monoisotopic (exact) mass is 430 g/mol. The van der Waals surface area contributed by atoms with E-state index in [1.165, 1.54) is 6.07 Å². The molecular weight excluding hydrogens is 404 g/mol. The van der Waals surface area contributed by atoms with E-state index in [1.807, 2.05) is 30.0 Å². The maximum absolute atomic E-state index is 12.8. The highest BCUT2D eigenvalue weighted by Crippen LogP contribution is 2.35. The van der Waals surface area contributed by atoms with Gasteiger partial charge in [0.25, 0.3) is 15.9 Å². The maximum Gasteiger partial charge on any atom is 0.286 e. The highest BCUT2D eigenvalue weighted by Gasteiger charge is 2.32. The molecule has 9 heteroatoms. The Morgan fingerprint density at radius 1 is 1.27 bits per heavy atom. The second-order valence-corrected chi connectivity index (χ2v) is 9.40. The first-order chi connectivity index (χ1) is 14.4. The number of sulfonamides is 1. The van der Waals surface area contributed by atoms with Crippen LogP contribution in [0.5, 0.6) is 0 Å². The topological polar surface area (TPSA) is 95.2 Å². The molecule has 1 fully saturated rings. The minimum Gasteiger partial charge on any atom is -0.468 e. The fraction of sp³-hybridized carbons (Fsp3) is 0.429. The molecule has 1 amide bonds. The number of hydrogen-bond acceptors (Lipinski definition) is 6. The number of fused-ring (bicyclic) bond motifs is 3. The number of rotatable bonds is 5. The van der Waals surface area contributed by atoms with E-state index >= 15 is 0 Å². The minimum atomic E-state index is -3.82. The van der Waals surface area contributed by atoms with Crippen molar-refractivity contribution in [2.24, 2.45) is 4.40 Å². The van der Waals surface area contributed by atoms with Crippen molar-refractivity contribution in [1.29, 1.82) is 0 Å². The summed E-state index contributed by atoms with van der Waals surface area (Å²) in [5, 5.41) is 2.88. The van der Waals surface area contributed by atoms with E-state index < -0.39 is 10.0 Å². The zero-order valence-corrected chi connectivity index (χ0v) is 18.0. The van der Waals surface area contributed by atoms with Crippen LogP contribution >= 0.6 is 0 Å². The SMILES string of the molecule is CN(C)C(CNC(=O)c1ccc2c(c1)S(=O)(=O)N=C1CCCCCN12)c1ccco1. The van der Waals surface area contributed by atoms with Gasteiger partial charge in [0.05, 0.1) is 18.0 Å². The quantitative estimate of drug-likeness (QED) is 0.784. The fourth-order valence-electron chi connectivity index (χ4n) is 3.93. The zero-order valence-electron chi connectivity index (χ0n) is 17.2. The van der Waals surface area contributed by atoms with Crippen molar-refractivity contribution in [1.82, 2.24) is 10.2 Å². The van der Waals surface area contributed by atoms with Crippen molar-refractivity contribution in [3.8, 4) is 0 Å². The average Bonchev–Trinajstić information content (AvgIpc) is 3.13. The molecule has 1 atom stereocenters. The molecule has 0 bridgehead atoms. The molecule has 0 radical (unpaired) electrons. The largest absolute Gasteiger partial charge is 0.468 e. The van der Waals surface area contributed by atoms with E-state index in [4.69, 9.17) is 4.42 Å². The second-order valence-electron chi connectivity index (χ2n) is 7.83. The summed E-state index contributed by atoms with van der Waals surface area (Å²) >= 11 is 0. The molecule has 160 valence electrons. The van der Waals surface area contributed by atoms with Crippen molar-refractivity contribution in [2.75, 3.05) is 32.1 Å². The van der Waals surface area contributed by atoms with Crippen molar-refractivity contribution in [3.05, 3.63) is 47.9 Å². The van der Waals surface area contributed by atoms with Gasteiger partial charge in [-0.15, -0.1) is 4.40 Å². The molecule has 8 nitrogen and oxygen atoms in total. The summed E-state index contributed by atoms with van der Waals surface area (Å²) in [5.74, 6) is 1.01. The summed E-state index contributed by atoms with van der Waals surface area (Å²) in [5.41, 5.74) is 0.906. The lowest BCUT2D eigenvalue weighted by Crippen LogP contribution is -2.36. The molecule has 0 saturated carbocycles. The average molecular weight is 431 g/mol. The first kappa shape index (κ1) is 20.6. The van der Waals surface area contributed by atoms with Gasteiger partial charge in [-0.1, -0.05) is 6.42 Å². The number of carbonyl (C=O) groups excluding carboxylic acids is 1. The predicted octanol–water partition coefficient (Wildman–Crippen LogP) is 2.79. The van der Waals surface area contributed by atoms with Crippen LogP contribution in [0.3, 0.4) is 0 Å². The molecule has 3 heterocycles. The number of nitrogens with zero attached hydrogens (tertiary/aromatic N) is 3. The highest BCUT2D eigenvalue weighted by atomic mass is 32.2. The number of carbonyl (C=O) groups is 1. The van der Waals surface area contributed by atoms with Gasteiger partial charge in [-0.2, -0.15) is 8.42 Å². The summed E-state index contributed by atoms with van der Waals surface area (Å²) in [4.78, 5) is 16.8. The zero-order chi connectivity index (χ0) is 21.3. The van der Waals surface area contributed by atoms with E-state index in [1.54, 1.807) is 24.5 Å². The van der Waals surface area contributed by atoms with Gasteiger partial charge in [0.1, 0.15) is 16.5 Å². The Bertz CT molecular complexity index is 1060. The van der Waals surface area contributed by atoms with E-state index in [2.05, 4.69) is 9.71 Å². The first-order valence-electron chi connectivity index (χ1n) is 10.1. The Hall–Kier alpha value is -2.65. The summed E-state index contributed by atoms with van der Waals surface area (Å²) in [6, 6.07) is 8.36. The smallest absolute Gasteiger partial charge is 0.286 e. The lowest BCUT2D eigenvalue weighted by Gasteiger charge is -2.29. The molecule has 2 aliphatic rings. The Morgan fingerprint density at radius 3 is 2.83 bits per heavy atom. The summed E-state index contributed by atoms with van der Waals surface area (Å²) in [6.45, 7) is 1.07. The van der Waals surface area contributed by atoms with Crippen LogP contribution < -0.4 is 10.2 Å². The third kappa shape index (κ3) is 3.99. The van der Waals surface area contributed by atoms with Gasteiger partial charge in [0, 0.05) is 25.1 Å². The summed E-state index contributed by atoms with van der Waals surface area (Å²) < 4.78 is 35.0. The van der Waals surface area contributed by atoms with Crippen LogP contribution in [0.2, 0.25) is 0 Å². The van der Waals surface area contributed by atoms with E-state index in [-0.39, 0.29) is 16.8 Å². The molecule has 4 rings (SSSR count). The lowest BCUT2D eigenvalue weighted by atomic mass is 10.1. The number of amidine groups is 1. The van der Waals surface area contributed by atoms with Gasteiger partial charge in [-0.25, -0.2) is 0 Å². The Labute approximate surface area is 176 Å². The van der Waals surface area contributed by atoms with Gasteiger partial charge in [-0.3, -0.25) is 9.69 Å². The van der Waals surface area contributed by atoms with Crippen LogP contribution in [0, 0.1) is 0 Å². The number of hydrogen-bond donors (Lipinski definition) is 1. The third-order valence-corrected chi connectivity index (χ3v) is 6.89. The van der Waals surface area contributed by atoms with Crippen molar-refractivity contribution < 1.29 is 17.6 Å². The van der Waals surface area contributed by atoms with Crippen LogP contribution in [0.25, 0.3) is 0 Å². The lowest BCUT2D eigenvalue weighted by molar-refractivity contribution is 0.0939. The van der Waals surface area contributed by atoms with E-state index in [9.17, 15) is 13.2 Å². The predicted molar refractivity (Wildman–Crippen MR) is 114 cm³/mol. The van der Waals surface area contributed by atoms with Crippen molar-refractivity contribution in [2.45, 2.75) is 36.6 Å². The number of amides is 1. The van der Waals surface area contributed by atoms with Crippen LogP contribution in [0.1, 0.15) is 47.8 Å². The molecule has 1 unspecified atom stereocenters.